The van der Waals surface area contributed by atoms with Gasteiger partial charge in [-0.1, -0.05) is 58.8 Å². The molecule has 0 rings (SSSR count). The minimum atomic E-state index is -0.665. The molecule has 0 aliphatic heterocycles. The fourth-order valence-electron chi connectivity index (χ4n) is 1.46. The molecule has 0 aromatic heterocycles. The molecule has 0 aromatic rings. The first kappa shape index (κ1) is 13.5. The van der Waals surface area contributed by atoms with Gasteiger partial charge in [0.2, 0.25) is 0 Å². The van der Waals surface area contributed by atoms with E-state index in [9.17, 15) is 4.79 Å². The molecule has 0 saturated carbocycles. The van der Waals surface area contributed by atoms with Gasteiger partial charge in [0, 0.05) is 0 Å². The summed E-state index contributed by atoms with van der Waals surface area (Å²) in [4.78, 5) is 10.5. The van der Waals surface area contributed by atoms with Crippen LogP contribution in [0.5, 0.6) is 0 Å². The third-order valence-electron chi connectivity index (χ3n) is 2.56. The van der Waals surface area contributed by atoms with E-state index >= 15 is 0 Å². The molecule has 0 aliphatic rings. The summed E-state index contributed by atoms with van der Waals surface area (Å²) in [6.45, 7) is 5.58. The van der Waals surface area contributed by atoms with Gasteiger partial charge in [0.15, 0.2) is 0 Å². The second-order valence-electron chi connectivity index (χ2n) is 4.00. The van der Waals surface area contributed by atoms with Crippen LogP contribution in [0.3, 0.4) is 0 Å². The molecule has 2 nitrogen and oxygen atoms in total. The number of unbranched alkanes of at least 4 members (excludes halogenated alkanes) is 6. The Kier molecular flexibility index (Phi) is 8.70. The summed E-state index contributed by atoms with van der Waals surface area (Å²) in [5.41, 5.74) is 0. The maximum atomic E-state index is 10.5. The van der Waals surface area contributed by atoms with Crippen LogP contribution in [0.4, 0.5) is 0 Å². The van der Waals surface area contributed by atoms with Gasteiger partial charge in [-0.3, -0.25) is 4.79 Å². The topological polar surface area (TPSA) is 37.3 Å². The van der Waals surface area contributed by atoms with Crippen molar-refractivity contribution in [2.24, 2.45) is 5.92 Å². The summed E-state index contributed by atoms with van der Waals surface area (Å²) in [5.74, 6) is -0.836. The van der Waals surface area contributed by atoms with Crippen LogP contribution in [-0.2, 0) is 4.79 Å². The van der Waals surface area contributed by atoms with Crippen molar-refractivity contribution in [3.63, 3.8) is 0 Å². The normalized spacial score (nSPS) is 12.7. The summed E-state index contributed by atoms with van der Waals surface area (Å²) in [7, 11) is 0. The Balaban J connectivity index is 3.09. The van der Waals surface area contributed by atoms with Crippen LogP contribution in [0.1, 0.15) is 58.3 Å². The van der Waals surface area contributed by atoms with Crippen LogP contribution in [0, 0.1) is 12.8 Å². The summed E-state index contributed by atoms with van der Waals surface area (Å²) in [6.07, 6.45) is 9.11. The molecular weight excluding hydrogens is 176 g/mol. The Morgan fingerprint density at radius 1 is 1.14 bits per heavy atom. The average molecular weight is 199 g/mol. The van der Waals surface area contributed by atoms with Gasteiger partial charge in [0.1, 0.15) is 0 Å². The first-order chi connectivity index (χ1) is 6.68. The zero-order chi connectivity index (χ0) is 10.8. The highest BCUT2D eigenvalue weighted by Crippen LogP contribution is 2.12. The highest BCUT2D eigenvalue weighted by atomic mass is 16.4. The molecule has 0 heterocycles. The molecule has 0 aromatic carbocycles. The van der Waals surface area contributed by atoms with Crippen molar-refractivity contribution in [1.29, 1.82) is 0 Å². The number of carbonyl (C=O) groups is 1. The van der Waals surface area contributed by atoms with Gasteiger partial charge in [-0.15, -0.1) is 0 Å². The second-order valence-corrected chi connectivity index (χ2v) is 4.00. The lowest BCUT2D eigenvalue weighted by Gasteiger charge is -2.05. The molecule has 1 unspecified atom stereocenters. The van der Waals surface area contributed by atoms with E-state index in [0.717, 1.165) is 19.3 Å². The molecular formula is C12H23O2. The molecule has 1 atom stereocenters. The number of carboxylic acids is 1. The lowest BCUT2D eigenvalue weighted by molar-refractivity contribution is -0.141. The molecule has 0 bridgehead atoms. The fourth-order valence-corrected chi connectivity index (χ4v) is 1.46. The minimum Gasteiger partial charge on any atom is -0.481 e. The molecule has 0 amide bonds. The van der Waals surface area contributed by atoms with Crippen LogP contribution in [-0.4, -0.2) is 11.1 Å². The Morgan fingerprint density at radius 2 is 1.64 bits per heavy atom. The molecule has 2 heteroatoms. The smallest absolute Gasteiger partial charge is 0.306 e. The number of hydrogen-bond donors (Lipinski definition) is 1. The van der Waals surface area contributed by atoms with Gasteiger partial charge < -0.3 is 5.11 Å². The zero-order valence-electron chi connectivity index (χ0n) is 9.30. The lowest BCUT2D eigenvalue weighted by atomic mass is 10.0. The quantitative estimate of drug-likeness (QED) is 0.575. The Labute approximate surface area is 87.7 Å². The molecule has 1 N–H and O–H groups in total. The standard InChI is InChI=1S/C12H23O2/c1-3-4-5-6-7-8-9-10-11(2)12(13)14/h11H,1,3-10H2,2H3,(H,13,14). The van der Waals surface area contributed by atoms with E-state index in [1.54, 1.807) is 6.92 Å². The van der Waals surface area contributed by atoms with Crippen LogP contribution in [0.25, 0.3) is 0 Å². The summed E-state index contributed by atoms with van der Waals surface area (Å²) in [5, 5.41) is 8.65. The van der Waals surface area contributed by atoms with E-state index in [-0.39, 0.29) is 5.92 Å². The second kappa shape index (κ2) is 9.04. The lowest BCUT2D eigenvalue weighted by Crippen LogP contribution is -2.08. The van der Waals surface area contributed by atoms with E-state index in [1.165, 1.54) is 32.1 Å². The average Bonchev–Trinajstić information content (AvgIpc) is 2.16. The third-order valence-corrected chi connectivity index (χ3v) is 2.56. The van der Waals surface area contributed by atoms with Crippen LogP contribution >= 0.6 is 0 Å². The van der Waals surface area contributed by atoms with Gasteiger partial charge in [0.05, 0.1) is 5.92 Å². The van der Waals surface area contributed by atoms with E-state index in [0.29, 0.717) is 0 Å². The van der Waals surface area contributed by atoms with Crippen molar-refractivity contribution in [3.05, 3.63) is 6.92 Å². The van der Waals surface area contributed by atoms with E-state index in [1.807, 2.05) is 0 Å². The molecule has 0 spiro atoms. The monoisotopic (exact) mass is 199 g/mol. The maximum Gasteiger partial charge on any atom is 0.306 e. The number of carboxylic acid groups (broad SMARTS) is 1. The predicted molar refractivity (Wildman–Crippen MR) is 59.1 cm³/mol. The summed E-state index contributed by atoms with van der Waals surface area (Å²) < 4.78 is 0. The van der Waals surface area contributed by atoms with Crippen LogP contribution in [0.2, 0.25) is 0 Å². The first-order valence-electron chi connectivity index (χ1n) is 5.70. The van der Waals surface area contributed by atoms with Crippen molar-refractivity contribution < 1.29 is 9.90 Å². The molecule has 0 fully saturated rings. The molecule has 0 saturated heterocycles. The maximum absolute atomic E-state index is 10.5. The third kappa shape index (κ3) is 8.09. The molecule has 0 aliphatic carbocycles. The van der Waals surface area contributed by atoms with Gasteiger partial charge in [-0.05, 0) is 6.42 Å². The number of rotatable bonds is 9. The van der Waals surface area contributed by atoms with E-state index in [2.05, 4.69) is 6.92 Å². The summed E-state index contributed by atoms with van der Waals surface area (Å²) >= 11 is 0. The molecule has 1 radical (unpaired) electrons. The summed E-state index contributed by atoms with van der Waals surface area (Å²) in [6, 6.07) is 0. The molecule has 83 valence electrons. The van der Waals surface area contributed by atoms with Crippen molar-refractivity contribution >= 4 is 5.97 Å². The van der Waals surface area contributed by atoms with Crippen molar-refractivity contribution in [1.82, 2.24) is 0 Å². The van der Waals surface area contributed by atoms with Gasteiger partial charge in [-0.2, -0.15) is 0 Å². The van der Waals surface area contributed by atoms with Gasteiger partial charge >= 0.3 is 5.97 Å². The fraction of sp³-hybridized carbons (Fsp3) is 0.833. The molecule has 14 heavy (non-hydrogen) atoms. The minimum absolute atomic E-state index is 0.171. The Hall–Kier alpha value is -0.530. The van der Waals surface area contributed by atoms with E-state index in [4.69, 9.17) is 5.11 Å². The van der Waals surface area contributed by atoms with E-state index < -0.39 is 5.97 Å². The Morgan fingerprint density at radius 3 is 2.14 bits per heavy atom. The predicted octanol–water partition coefficient (Wildman–Crippen LogP) is 3.66. The SMILES string of the molecule is [CH2]CCCCCCCCC(C)C(=O)O. The van der Waals surface area contributed by atoms with Gasteiger partial charge in [-0.25, -0.2) is 0 Å². The van der Waals surface area contributed by atoms with Gasteiger partial charge in [0.25, 0.3) is 0 Å². The van der Waals surface area contributed by atoms with Crippen LogP contribution in [0.15, 0.2) is 0 Å². The number of hydrogen-bond acceptors (Lipinski definition) is 1. The van der Waals surface area contributed by atoms with Crippen molar-refractivity contribution in [2.45, 2.75) is 58.3 Å². The zero-order valence-corrected chi connectivity index (χ0v) is 9.30. The first-order valence-corrected chi connectivity index (χ1v) is 5.70. The largest absolute Gasteiger partial charge is 0.481 e. The van der Waals surface area contributed by atoms with Crippen molar-refractivity contribution in [2.75, 3.05) is 0 Å². The highest BCUT2D eigenvalue weighted by molar-refractivity contribution is 5.69. The number of aliphatic carboxylic acids is 1. The van der Waals surface area contributed by atoms with Crippen LogP contribution < -0.4 is 0 Å². The van der Waals surface area contributed by atoms with Crippen molar-refractivity contribution in [3.8, 4) is 0 Å². The highest BCUT2D eigenvalue weighted by Gasteiger charge is 2.09. The Bertz CT molecular complexity index is 143.